The van der Waals surface area contributed by atoms with Crippen LogP contribution in [0.2, 0.25) is 0 Å². The van der Waals surface area contributed by atoms with Crippen LogP contribution in [0.1, 0.15) is 29.7 Å². The molecule has 1 aromatic carbocycles. The third kappa shape index (κ3) is 4.36. The Hall–Kier alpha value is -3.43. The van der Waals surface area contributed by atoms with Crippen LogP contribution >= 0.6 is 0 Å². The molecule has 0 bridgehead atoms. The van der Waals surface area contributed by atoms with E-state index in [0.717, 1.165) is 41.4 Å². The molecule has 5 nitrogen and oxygen atoms in total. The summed E-state index contributed by atoms with van der Waals surface area (Å²) < 4.78 is 13.0. The van der Waals surface area contributed by atoms with E-state index >= 15 is 0 Å². The summed E-state index contributed by atoms with van der Waals surface area (Å²) in [6.45, 7) is 1.44. The summed E-state index contributed by atoms with van der Waals surface area (Å²) in [7, 11) is 0. The van der Waals surface area contributed by atoms with Crippen molar-refractivity contribution in [2.75, 3.05) is 18.0 Å². The maximum Gasteiger partial charge on any atom is 0.124 e. The minimum Gasteiger partial charge on any atom is -0.393 e. The number of rotatable bonds is 4. The second kappa shape index (κ2) is 8.29. The molecule has 6 heteroatoms. The second-order valence-corrected chi connectivity index (χ2v) is 7.13. The first-order valence-corrected chi connectivity index (χ1v) is 9.58. The highest BCUT2D eigenvalue weighted by Crippen LogP contribution is 2.29. The zero-order valence-corrected chi connectivity index (χ0v) is 15.8. The molecular weight excluding hydrogens is 367 g/mol. The standard InChI is InChI=1S/C23H21FN4O/c24-19-4-1-16(2-5-19)3-6-20-13-17(7-10-26-20)22-14-18(15-25)23(27-22)28-11-8-21(29)9-12-28/h1-7,10,13-14,21,27,29H,8-9,11-12H2. The van der Waals surface area contributed by atoms with Gasteiger partial charge < -0.3 is 15.0 Å². The summed E-state index contributed by atoms with van der Waals surface area (Å²) in [5.74, 6) is 0.538. The molecular formula is C23H21FN4O. The molecule has 1 aliphatic rings. The molecule has 1 aliphatic heterocycles. The van der Waals surface area contributed by atoms with Crippen LogP contribution < -0.4 is 4.90 Å². The Kier molecular flexibility index (Phi) is 5.41. The molecule has 2 N–H and O–H groups in total. The topological polar surface area (TPSA) is 75.9 Å². The molecule has 0 spiro atoms. The summed E-state index contributed by atoms with van der Waals surface area (Å²) in [4.78, 5) is 9.85. The smallest absolute Gasteiger partial charge is 0.124 e. The van der Waals surface area contributed by atoms with Crippen molar-refractivity contribution >= 4 is 18.0 Å². The number of nitriles is 1. The molecule has 146 valence electrons. The first-order chi connectivity index (χ1) is 14.1. The molecule has 3 aromatic rings. The SMILES string of the molecule is N#Cc1cc(-c2ccnc(C=Cc3ccc(F)cc3)c2)[nH]c1N1CCC(O)CC1. The van der Waals surface area contributed by atoms with Crippen LogP contribution in [0.3, 0.4) is 0 Å². The van der Waals surface area contributed by atoms with Gasteiger partial charge in [0.1, 0.15) is 17.7 Å². The van der Waals surface area contributed by atoms with Gasteiger partial charge in [-0.3, -0.25) is 4.98 Å². The van der Waals surface area contributed by atoms with Gasteiger partial charge in [0.15, 0.2) is 0 Å². The largest absolute Gasteiger partial charge is 0.393 e. The fraction of sp³-hybridized carbons (Fsp3) is 0.217. The van der Waals surface area contributed by atoms with Crippen molar-refractivity contribution in [2.24, 2.45) is 0 Å². The summed E-state index contributed by atoms with van der Waals surface area (Å²) >= 11 is 0. The van der Waals surface area contributed by atoms with Gasteiger partial charge in [-0.1, -0.05) is 18.2 Å². The number of hydrogen-bond donors (Lipinski definition) is 2. The van der Waals surface area contributed by atoms with Crippen LogP contribution in [0.5, 0.6) is 0 Å². The lowest BCUT2D eigenvalue weighted by atomic mass is 10.1. The predicted octanol–water partition coefficient (Wildman–Crippen LogP) is 4.22. The Morgan fingerprint density at radius 3 is 2.62 bits per heavy atom. The third-order valence-electron chi connectivity index (χ3n) is 5.11. The number of aromatic amines is 1. The number of H-pyrrole nitrogens is 1. The molecule has 1 saturated heterocycles. The van der Waals surface area contributed by atoms with Crippen molar-refractivity contribution in [1.29, 1.82) is 5.26 Å². The highest BCUT2D eigenvalue weighted by molar-refractivity contribution is 5.73. The van der Waals surface area contributed by atoms with Crippen molar-refractivity contribution in [3.8, 4) is 17.3 Å². The van der Waals surface area contributed by atoms with E-state index in [1.165, 1.54) is 12.1 Å². The lowest BCUT2D eigenvalue weighted by Crippen LogP contribution is -2.36. The average Bonchev–Trinajstić information content (AvgIpc) is 3.19. The number of aromatic nitrogens is 2. The number of aliphatic hydroxyl groups is 1. The van der Waals surface area contributed by atoms with Gasteiger partial charge >= 0.3 is 0 Å². The van der Waals surface area contributed by atoms with Gasteiger partial charge in [0.25, 0.3) is 0 Å². The van der Waals surface area contributed by atoms with E-state index in [9.17, 15) is 14.8 Å². The van der Waals surface area contributed by atoms with E-state index in [0.29, 0.717) is 18.4 Å². The van der Waals surface area contributed by atoms with Crippen LogP contribution in [-0.4, -0.2) is 34.3 Å². The van der Waals surface area contributed by atoms with Gasteiger partial charge in [-0.15, -0.1) is 0 Å². The second-order valence-electron chi connectivity index (χ2n) is 7.13. The van der Waals surface area contributed by atoms with Crippen LogP contribution in [0.15, 0.2) is 48.7 Å². The van der Waals surface area contributed by atoms with Gasteiger partial charge in [0.05, 0.1) is 17.4 Å². The molecule has 3 heterocycles. The average molecular weight is 388 g/mol. The molecule has 0 aliphatic carbocycles. The van der Waals surface area contributed by atoms with E-state index in [1.54, 1.807) is 18.3 Å². The first-order valence-electron chi connectivity index (χ1n) is 9.58. The lowest BCUT2D eigenvalue weighted by Gasteiger charge is -2.30. The summed E-state index contributed by atoms with van der Waals surface area (Å²) in [6, 6.07) is 14.2. The number of halogens is 1. The minimum absolute atomic E-state index is 0.262. The monoisotopic (exact) mass is 388 g/mol. The number of hydrogen-bond acceptors (Lipinski definition) is 4. The molecule has 0 saturated carbocycles. The Morgan fingerprint density at radius 1 is 1.14 bits per heavy atom. The summed E-state index contributed by atoms with van der Waals surface area (Å²) in [5.41, 5.74) is 4.03. The first kappa shape index (κ1) is 18.9. The van der Waals surface area contributed by atoms with Crippen LogP contribution in [0.25, 0.3) is 23.4 Å². The Bertz CT molecular complexity index is 1060. The maximum atomic E-state index is 13.0. The summed E-state index contributed by atoms with van der Waals surface area (Å²) in [6.07, 6.45) is 6.62. The van der Waals surface area contributed by atoms with Crippen molar-refractivity contribution in [2.45, 2.75) is 18.9 Å². The maximum absolute atomic E-state index is 13.0. The highest BCUT2D eigenvalue weighted by atomic mass is 19.1. The molecule has 4 rings (SSSR count). The number of nitrogens with zero attached hydrogens (tertiary/aromatic N) is 3. The zero-order valence-electron chi connectivity index (χ0n) is 15.8. The van der Waals surface area contributed by atoms with Gasteiger partial charge in [-0.25, -0.2) is 4.39 Å². The van der Waals surface area contributed by atoms with Gasteiger partial charge in [-0.05, 0) is 54.8 Å². The van der Waals surface area contributed by atoms with Crippen LogP contribution in [0, 0.1) is 17.1 Å². The molecule has 0 atom stereocenters. The van der Waals surface area contributed by atoms with Gasteiger partial charge in [0, 0.05) is 30.5 Å². The van der Waals surface area contributed by atoms with Crippen molar-refractivity contribution in [3.05, 3.63) is 71.3 Å². The lowest BCUT2D eigenvalue weighted by molar-refractivity contribution is 0.145. The number of benzene rings is 1. The summed E-state index contributed by atoms with van der Waals surface area (Å²) in [5, 5.41) is 19.3. The van der Waals surface area contributed by atoms with E-state index < -0.39 is 0 Å². The normalized spacial score (nSPS) is 15.0. The molecule has 2 aromatic heterocycles. The van der Waals surface area contributed by atoms with Crippen LogP contribution in [0.4, 0.5) is 10.2 Å². The van der Waals surface area contributed by atoms with E-state index in [2.05, 4.69) is 20.9 Å². The van der Waals surface area contributed by atoms with Crippen molar-refractivity contribution in [3.63, 3.8) is 0 Å². The Labute approximate surface area is 168 Å². The number of anilines is 1. The number of aliphatic hydroxyl groups excluding tert-OH is 1. The van der Waals surface area contributed by atoms with E-state index in [-0.39, 0.29) is 11.9 Å². The fourth-order valence-corrected chi connectivity index (χ4v) is 3.49. The number of pyridine rings is 1. The fourth-order valence-electron chi connectivity index (χ4n) is 3.49. The van der Waals surface area contributed by atoms with Crippen molar-refractivity contribution < 1.29 is 9.50 Å². The van der Waals surface area contributed by atoms with E-state index in [1.807, 2.05) is 30.4 Å². The quantitative estimate of drug-likeness (QED) is 0.702. The molecule has 0 amide bonds. The number of piperidine rings is 1. The zero-order chi connectivity index (χ0) is 20.2. The Morgan fingerprint density at radius 2 is 1.90 bits per heavy atom. The molecule has 0 radical (unpaired) electrons. The highest BCUT2D eigenvalue weighted by Gasteiger charge is 2.21. The predicted molar refractivity (Wildman–Crippen MR) is 112 cm³/mol. The molecule has 29 heavy (non-hydrogen) atoms. The molecule has 1 fully saturated rings. The van der Waals surface area contributed by atoms with Crippen molar-refractivity contribution in [1.82, 2.24) is 9.97 Å². The van der Waals surface area contributed by atoms with E-state index in [4.69, 9.17) is 0 Å². The van der Waals surface area contributed by atoms with Crippen LogP contribution in [-0.2, 0) is 0 Å². The third-order valence-corrected chi connectivity index (χ3v) is 5.11. The number of nitrogens with one attached hydrogen (secondary N) is 1. The van der Waals surface area contributed by atoms with Gasteiger partial charge in [0.2, 0.25) is 0 Å². The Balaban J connectivity index is 1.58. The molecule has 0 unspecified atom stereocenters. The van der Waals surface area contributed by atoms with Gasteiger partial charge in [-0.2, -0.15) is 5.26 Å². The minimum atomic E-state index is -0.263.